The van der Waals surface area contributed by atoms with Gasteiger partial charge in [0.2, 0.25) is 11.8 Å². The lowest BCUT2D eigenvalue weighted by Crippen LogP contribution is -2.39. The van der Waals surface area contributed by atoms with Crippen LogP contribution in [0.4, 0.5) is 5.69 Å². The molecule has 4 rings (SSSR count). The van der Waals surface area contributed by atoms with E-state index in [0.717, 1.165) is 42.1 Å². The van der Waals surface area contributed by atoms with Gasteiger partial charge < -0.3 is 15.3 Å². The van der Waals surface area contributed by atoms with E-state index in [1.165, 1.54) is 0 Å². The second-order valence-electron chi connectivity index (χ2n) is 7.76. The van der Waals surface area contributed by atoms with Crippen molar-refractivity contribution < 1.29 is 14.7 Å². The van der Waals surface area contributed by atoms with E-state index in [9.17, 15) is 14.7 Å². The Hall–Kier alpha value is -2.40. The van der Waals surface area contributed by atoms with Crippen molar-refractivity contribution in [1.29, 1.82) is 0 Å². The first-order chi connectivity index (χ1) is 13.1. The lowest BCUT2D eigenvalue weighted by atomic mass is 10.0. The summed E-state index contributed by atoms with van der Waals surface area (Å²) in [6.45, 7) is 0.667. The first kappa shape index (κ1) is 18.0. The summed E-state index contributed by atoms with van der Waals surface area (Å²) in [7, 11) is 0. The highest BCUT2D eigenvalue weighted by Gasteiger charge is 2.36. The maximum absolute atomic E-state index is 12.6. The summed E-state index contributed by atoms with van der Waals surface area (Å²) in [6.07, 6.45) is 4.12. The number of hydrogen-bond acceptors (Lipinski definition) is 3. The van der Waals surface area contributed by atoms with Gasteiger partial charge in [-0.2, -0.15) is 0 Å². The molecule has 2 atom stereocenters. The van der Waals surface area contributed by atoms with Gasteiger partial charge in [-0.15, -0.1) is 0 Å². The number of rotatable bonds is 5. The van der Waals surface area contributed by atoms with Crippen LogP contribution in [0.25, 0.3) is 10.8 Å². The molecule has 2 aromatic carbocycles. The van der Waals surface area contributed by atoms with Gasteiger partial charge in [0.25, 0.3) is 0 Å². The number of aliphatic hydroxyl groups excluding tert-OH is 1. The SMILES string of the molecule is O=C(NCC(O)C1CCCC1)C1CC(=O)N(c2cccc3ccccc23)C1. The molecule has 0 aromatic heterocycles. The zero-order valence-corrected chi connectivity index (χ0v) is 15.4. The van der Waals surface area contributed by atoms with E-state index in [2.05, 4.69) is 5.32 Å². The average molecular weight is 366 g/mol. The molecule has 2 amide bonds. The van der Waals surface area contributed by atoms with Crippen LogP contribution in [0.2, 0.25) is 0 Å². The van der Waals surface area contributed by atoms with Crippen molar-refractivity contribution in [2.24, 2.45) is 11.8 Å². The molecule has 1 aliphatic heterocycles. The smallest absolute Gasteiger partial charge is 0.227 e. The number of fused-ring (bicyclic) bond motifs is 1. The van der Waals surface area contributed by atoms with Crippen LogP contribution in [-0.2, 0) is 9.59 Å². The van der Waals surface area contributed by atoms with Gasteiger partial charge in [-0.1, -0.05) is 49.2 Å². The highest BCUT2D eigenvalue weighted by atomic mass is 16.3. The number of aliphatic hydroxyl groups is 1. The molecule has 5 nitrogen and oxygen atoms in total. The third-order valence-corrected chi connectivity index (χ3v) is 5.98. The number of anilines is 1. The molecule has 2 fully saturated rings. The number of amides is 2. The number of carbonyl (C=O) groups excluding carboxylic acids is 2. The Morgan fingerprint density at radius 2 is 1.89 bits per heavy atom. The molecule has 1 saturated carbocycles. The first-order valence-corrected chi connectivity index (χ1v) is 9.87. The van der Waals surface area contributed by atoms with Crippen molar-refractivity contribution in [3.8, 4) is 0 Å². The number of nitrogens with zero attached hydrogens (tertiary/aromatic N) is 1. The topological polar surface area (TPSA) is 69.6 Å². The quantitative estimate of drug-likeness (QED) is 0.855. The summed E-state index contributed by atoms with van der Waals surface area (Å²) in [5.41, 5.74) is 0.861. The Labute approximate surface area is 159 Å². The van der Waals surface area contributed by atoms with Crippen LogP contribution in [0, 0.1) is 11.8 Å². The normalized spacial score (nSPS) is 21.7. The fourth-order valence-electron chi connectivity index (χ4n) is 4.42. The van der Waals surface area contributed by atoms with E-state index >= 15 is 0 Å². The predicted octanol–water partition coefficient (Wildman–Crippen LogP) is 2.86. The Morgan fingerprint density at radius 1 is 1.15 bits per heavy atom. The number of carbonyl (C=O) groups is 2. The first-order valence-electron chi connectivity index (χ1n) is 9.87. The molecule has 0 radical (unpaired) electrons. The molecule has 1 saturated heterocycles. The molecule has 2 aromatic rings. The van der Waals surface area contributed by atoms with Crippen LogP contribution in [-0.4, -0.2) is 36.1 Å². The monoisotopic (exact) mass is 366 g/mol. The molecular weight excluding hydrogens is 340 g/mol. The van der Waals surface area contributed by atoms with Crippen LogP contribution in [0.3, 0.4) is 0 Å². The predicted molar refractivity (Wildman–Crippen MR) is 105 cm³/mol. The minimum absolute atomic E-state index is 0.0251. The van der Waals surface area contributed by atoms with Crippen LogP contribution in [0.15, 0.2) is 42.5 Å². The summed E-state index contributed by atoms with van der Waals surface area (Å²) in [5.74, 6) is -0.235. The molecule has 27 heavy (non-hydrogen) atoms. The van der Waals surface area contributed by atoms with Crippen LogP contribution < -0.4 is 10.2 Å². The average Bonchev–Trinajstić information content (AvgIpc) is 3.35. The van der Waals surface area contributed by atoms with Crippen molar-refractivity contribution in [1.82, 2.24) is 5.32 Å². The molecule has 1 heterocycles. The van der Waals surface area contributed by atoms with Crippen molar-refractivity contribution >= 4 is 28.3 Å². The Balaban J connectivity index is 1.41. The standard InChI is InChI=1S/C22H26N2O3/c25-20(16-7-1-2-8-16)13-23-22(27)17-12-21(26)24(14-17)19-11-5-9-15-6-3-4-10-18(15)19/h3-6,9-11,16-17,20,25H,1-2,7-8,12-14H2,(H,23,27). The van der Waals surface area contributed by atoms with Gasteiger partial charge in [0.15, 0.2) is 0 Å². The third-order valence-electron chi connectivity index (χ3n) is 5.98. The zero-order chi connectivity index (χ0) is 18.8. The Morgan fingerprint density at radius 3 is 2.70 bits per heavy atom. The summed E-state index contributed by atoms with van der Waals surface area (Å²) in [6, 6.07) is 13.9. The van der Waals surface area contributed by atoms with E-state index in [1.54, 1.807) is 4.90 Å². The Kier molecular flexibility index (Phi) is 5.12. The number of nitrogens with one attached hydrogen (secondary N) is 1. The van der Waals surface area contributed by atoms with Crippen molar-refractivity contribution in [3.63, 3.8) is 0 Å². The van der Waals surface area contributed by atoms with Crippen LogP contribution >= 0.6 is 0 Å². The summed E-state index contributed by atoms with van der Waals surface area (Å²) >= 11 is 0. The van der Waals surface area contributed by atoms with Gasteiger partial charge in [-0.25, -0.2) is 0 Å². The van der Waals surface area contributed by atoms with Crippen molar-refractivity contribution in [2.45, 2.75) is 38.2 Å². The van der Waals surface area contributed by atoms with Crippen molar-refractivity contribution in [3.05, 3.63) is 42.5 Å². The summed E-state index contributed by atoms with van der Waals surface area (Å²) in [5, 5.41) is 15.2. The van der Waals surface area contributed by atoms with E-state index in [1.807, 2.05) is 42.5 Å². The highest BCUT2D eigenvalue weighted by molar-refractivity contribution is 6.06. The second kappa shape index (κ2) is 7.69. The van der Waals surface area contributed by atoms with Gasteiger partial charge in [0.1, 0.15) is 0 Å². The van der Waals surface area contributed by atoms with E-state index in [0.29, 0.717) is 12.5 Å². The van der Waals surface area contributed by atoms with Gasteiger partial charge in [0.05, 0.1) is 17.7 Å². The van der Waals surface area contributed by atoms with Crippen LogP contribution in [0.5, 0.6) is 0 Å². The molecule has 2 unspecified atom stereocenters. The fourth-order valence-corrected chi connectivity index (χ4v) is 4.42. The zero-order valence-electron chi connectivity index (χ0n) is 15.4. The molecule has 2 N–H and O–H groups in total. The number of benzene rings is 2. The van der Waals surface area contributed by atoms with Gasteiger partial charge in [-0.05, 0) is 30.2 Å². The minimum atomic E-state index is -0.484. The lowest BCUT2D eigenvalue weighted by Gasteiger charge is -2.20. The largest absolute Gasteiger partial charge is 0.391 e. The Bertz CT molecular complexity index is 839. The highest BCUT2D eigenvalue weighted by Crippen LogP contribution is 2.32. The molecular formula is C22H26N2O3. The number of hydrogen-bond donors (Lipinski definition) is 2. The summed E-state index contributed by atoms with van der Waals surface area (Å²) < 4.78 is 0. The van der Waals surface area contributed by atoms with Crippen molar-refractivity contribution in [2.75, 3.05) is 18.0 Å². The van der Waals surface area contributed by atoms with E-state index in [-0.39, 0.29) is 30.7 Å². The summed E-state index contributed by atoms with van der Waals surface area (Å²) in [4.78, 5) is 26.8. The van der Waals surface area contributed by atoms with E-state index in [4.69, 9.17) is 0 Å². The van der Waals surface area contributed by atoms with E-state index < -0.39 is 6.10 Å². The van der Waals surface area contributed by atoms with Crippen LogP contribution in [0.1, 0.15) is 32.1 Å². The molecule has 0 spiro atoms. The lowest BCUT2D eigenvalue weighted by molar-refractivity contribution is -0.126. The van der Waals surface area contributed by atoms with Gasteiger partial charge >= 0.3 is 0 Å². The molecule has 2 aliphatic rings. The second-order valence-corrected chi connectivity index (χ2v) is 7.76. The van der Waals surface area contributed by atoms with Gasteiger partial charge in [-0.3, -0.25) is 9.59 Å². The maximum Gasteiger partial charge on any atom is 0.227 e. The maximum atomic E-state index is 12.6. The minimum Gasteiger partial charge on any atom is -0.391 e. The molecule has 1 aliphatic carbocycles. The molecule has 142 valence electrons. The molecule has 5 heteroatoms. The molecule has 0 bridgehead atoms. The fraction of sp³-hybridized carbons (Fsp3) is 0.455. The third kappa shape index (κ3) is 3.69. The van der Waals surface area contributed by atoms with Gasteiger partial charge in [0, 0.05) is 24.9 Å².